The Labute approximate surface area is 92.8 Å². The summed E-state index contributed by atoms with van der Waals surface area (Å²) in [4.78, 5) is -2.13. The molecule has 0 saturated carbocycles. The van der Waals surface area contributed by atoms with Crippen molar-refractivity contribution in [3.05, 3.63) is 0 Å². The smallest absolute Gasteiger partial charge is 0.746 e. The van der Waals surface area contributed by atoms with Gasteiger partial charge in [-0.1, -0.05) is 0 Å². The van der Waals surface area contributed by atoms with Crippen LogP contribution in [0.15, 0.2) is 0 Å². The van der Waals surface area contributed by atoms with Crippen LogP contribution in [-0.2, 0) is 10.1 Å². The van der Waals surface area contributed by atoms with Crippen LogP contribution in [0.4, 0.5) is 0 Å². The number of aliphatic hydroxyl groups is 1. The van der Waals surface area contributed by atoms with Crippen molar-refractivity contribution in [3.63, 3.8) is 0 Å². The van der Waals surface area contributed by atoms with Gasteiger partial charge in [-0.3, -0.25) is 0 Å². The fraction of sp³-hybridized carbons (Fsp3) is 1.00. The molecule has 0 aromatic rings. The molecule has 1 N–H and O–H groups in total. The monoisotopic (exact) mass is 208 g/mol. The second-order valence-corrected chi connectivity index (χ2v) is 4.72. The van der Waals surface area contributed by atoms with Crippen LogP contribution < -0.4 is 29.6 Å². The van der Waals surface area contributed by atoms with E-state index in [9.17, 15) is 13.0 Å². The Balaban J connectivity index is 0. The van der Waals surface area contributed by atoms with Gasteiger partial charge in [0.15, 0.2) is 4.93 Å². The van der Waals surface area contributed by atoms with Crippen LogP contribution >= 0.6 is 11.8 Å². The van der Waals surface area contributed by atoms with Gasteiger partial charge >= 0.3 is 29.6 Å². The van der Waals surface area contributed by atoms with Crippen LogP contribution in [0, 0.1) is 0 Å². The third kappa shape index (κ3) is 4.72. The maximum absolute atomic E-state index is 10.2. The zero-order valence-corrected chi connectivity index (χ0v) is 10.3. The van der Waals surface area contributed by atoms with Crippen LogP contribution in [0.3, 0.4) is 0 Å². The Bertz CT molecular complexity index is 198. The minimum Gasteiger partial charge on any atom is -0.746 e. The number of rotatable bonds is 3. The number of thioether (sulfide) groups is 1. The van der Waals surface area contributed by atoms with Crippen molar-refractivity contribution in [2.24, 2.45) is 0 Å². The summed E-state index contributed by atoms with van der Waals surface area (Å²) in [6.07, 6.45) is 1.61. The summed E-state index contributed by atoms with van der Waals surface area (Å²) in [5.74, 6) is -0.0984. The molecule has 0 aliphatic carbocycles. The minimum absolute atomic E-state index is 0. The molecule has 0 fully saturated rings. The summed E-state index contributed by atoms with van der Waals surface area (Å²) >= 11 is 1.11. The van der Waals surface area contributed by atoms with E-state index in [2.05, 4.69) is 0 Å². The van der Waals surface area contributed by atoms with E-state index in [-0.39, 0.29) is 35.3 Å². The van der Waals surface area contributed by atoms with Gasteiger partial charge in [0.05, 0.1) is 0 Å². The molecule has 0 aromatic heterocycles. The van der Waals surface area contributed by atoms with Gasteiger partial charge in [-0.05, 0) is 13.2 Å². The van der Waals surface area contributed by atoms with Gasteiger partial charge < -0.3 is 9.66 Å². The van der Waals surface area contributed by atoms with Gasteiger partial charge in [-0.25, -0.2) is 8.42 Å². The molecule has 0 aliphatic heterocycles. The number of hydrogen-bond donors (Lipinski definition) is 1. The Morgan fingerprint density at radius 2 is 2.00 bits per heavy atom. The van der Waals surface area contributed by atoms with E-state index in [1.165, 1.54) is 0 Å². The summed E-state index contributed by atoms with van der Waals surface area (Å²) in [5, 5.41) is 8.93. The largest absolute Gasteiger partial charge is 1.00 e. The number of hydrogen-bond acceptors (Lipinski definition) is 5. The molecule has 7 heteroatoms. The zero-order chi connectivity index (χ0) is 8.41. The van der Waals surface area contributed by atoms with Crippen molar-refractivity contribution < 1.29 is 47.6 Å². The Kier molecular flexibility index (Phi) is 6.77. The molecule has 0 aliphatic rings. The van der Waals surface area contributed by atoms with Gasteiger partial charge in [0, 0.05) is 5.75 Å². The summed E-state index contributed by atoms with van der Waals surface area (Å²) in [6.45, 7) is 0.992. The van der Waals surface area contributed by atoms with E-state index < -0.39 is 15.1 Å². The molecular weight excluding hydrogens is 199 g/mol. The fourth-order valence-corrected chi connectivity index (χ4v) is 1.81. The molecular formula is C4H9NaO4S2. The summed E-state index contributed by atoms with van der Waals surface area (Å²) in [5.41, 5.74) is 0. The molecule has 0 aromatic carbocycles. The van der Waals surface area contributed by atoms with Crippen molar-refractivity contribution >= 4 is 21.9 Å². The maximum Gasteiger partial charge on any atom is 1.00 e. The van der Waals surface area contributed by atoms with Crippen LogP contribution in [0.5, 0.6) is 0 Å². The van der Waals surface area contributed by atoms with Crippen molar-refractivity contribution in [3.8, 4) is 0 Å². The van der Waals surface area contributed by atoms with Crippen molar-refractivity contribution in [2.75, 3.05) is 12.0 Å². The Hall–Kier alpha value is 1.22. The molecule has 4 nitrogen and oxygen atoms in total. The van der Waals surface area contributed by atoms with E-state index in [0.717, 1.165) is 18.7 Å². The average molecular weight is 208 g/mol. The van der Waals surface area contributed by atoms with Gasteiger partial charge in [0.1, 0.15) is 10.1 Å². The van der Waals surface area contributed by atoms with Crippen LogP contribution in [0.1, 0.15) is 6.92 Å². The first-order valence-corrected chi connectivity index (χ1v) is 5.28. The second kappa shape index (κ2) is 5.06. The van der Waals surface area contributed by atoms with Crippen molar-refractivity contribution in [2.45, 2.75) is 11.9 Å². The normalized spacial score (nSPS) is 16.7. The van der Waals surface area contributed by atoms with Gasteiger partial charge in [-0.15, -0.1) is 0 Å². The molecule has 11 heavy (non-hydrogen) atoms. The first kappa shape index (κ1) is 14.7. The second-order valence-electron chi connectivity index (χ2n) is 2.06. The predicted octanol–water partition coefficient (Wildman–Crippen LogP) is -3.39. The standard InChI is InChI=1S/C4H10O4S2.Na/c1-4(5,3-9-2)10(6,7)8;/h5H,3H2,1-2H3,(H,6,7,8);/q;+1/p-1. The maximum atomic E-state index is 10.2. The molecule has 0 rings (SSSR count). The molecule has 0 heterocycles. The SMILES string of the molecule is CSCC(C)(O)S(=O)(=O)[O-].[Na+]. The first-order chi connectivity index (χ1) is 4.31. The molecule has 62 valence electrons. The summed E-state index contributed by atoms with van der Waals surface area (Å²) < 4.78 is 30.7. The molecule has 1 atom stereocenters. The quantitative estimate of drug-likeness (QED) is 0.386. The van der Waals surface area contributed by atoms with Crippen molar-refractivity contribution in [1.82, 2.24) is 0 Å². The minimum atomic E-state index is -4.58. The zero-order valence-electron chi connectivity index (χ0n) is 6.70. The van der Waals surface area contributed by atoms with E-state index >= 15 is 0 Å². The molecule has 0 saturated heterocycles. The van der Waals surface area contributed by atoms with Gasteiger partial charge in [0.25, 0.3) is 0 Å². The topological polar surface area (TPSA) is 77.4 Å². The average Bonchev–Trinajstić information content (AvgIpc) is 1.61. The summed E-state index contributed by atoms with van der Waals surface area (Å²) in [7, 11) is -4.58. The van der Waals surface area contributed by atoms with E-state index in [0.29, 0.717) is 0 Å². The first-order valence-electron chi connectivity index (χ1n) is 2.48. The third-order valence-corrected chi connectivity index (χ3v) is 3.21. The molecule has 1 unspecified atom stereocenters. The van der Waals surface area contributed by atoms with E-state index in [1.54, 1.807) is 6.26 Å². The molecule has 0 amide bonds. The fourth-order valence-electron chi connectivity index (χ4n) is 0.340. The third-order valence-electron chi connectivity index (χ3n) is 0.951. The van der Waals surface area contributed by atoms with Crippen molar-refractivity contribution in [1.29, 1.82) is 0 Å². The van der Waals surface area contributed by atoms with E-state index in [4.69, 9.17) is 5.11 Å². The summed E-state index contributed by atoms with van der Waals surface area (Å²) in [6, 6.07) is 0. The van der Waals surface area contributed by atoms with E-state index in [1.807, 2.05) is 0 Å². The van der Waals surface area contributed by atoms with Gasteiger partial charge in [0.2, 0.25) is 0 Å². The van der Waals surface area contributed by atoms with Crippen LogP contribution in [0.25, 0.3) is 0 Å². The predicted molar refractivity (Wildman–Crippen MR) is 38.7 cm³/mol. The molecule has 0 spiro atoms. The van der Waals surface area contributed by atoms with Gasteiger partial charge in [-0.2, -0.15) is 11.8 Å². The molecule has 0 bridgehead atoms. The Morgan fingerprint density at radius 1 is 1.64 bits per heavy atom. The van der Waals surface area contributed by atoms with Crippen LogP contribution in [-0.4, -0.2) is 35.0 Å². The van der Waals surface area contributed by atoms with Crippen LogP contribution in [0.2, 0.25) is 0 Å². The molecule has 0 radical (unpaired) electrons. The Morgan fingerprint density at radius 3 is 2.09 bits per heavy atom.